The molecule has 0 fully saturated rings. The lowest BCUT2D eigenvalue weighted by atomic mass is 10.1. The van der Waals surface area contributed by atoms with Gasteiger partial charge in [0, 0.05) is 18.3 Å². The quantitative estimate of drug-likeness (QED) is 0.805. The molecule has 0 bridgehead atoms. The number of nitrogens with zero attached hydrogens (tertiary/aromatic N) is 4. The van der Waals surface area contributed by atoms with E-state index in [4.69, 9.17) is 11.6 Å². The molecule has 4 nitrogen and oxygen atoms in total. The molecule has 0 radical (unpaired) electrons. The minimum atomic E-state index is 0.462. The fourth-order valence-electron chi connectivity index (χ4n) is 1.51. The maximum atomic E-state index is 5.91. The molecular weight excluding hydrogens is 224 g/mol. The molecule has 0 amide bonds. The van der Waals surface area contributed by atoms with E-state index in [0.29, 0.717) is 5.15 Å². The molecule has 0 aliphatic rings. The maximum Gasteiger partial charge on any atom is 0.154 e. The number of rotatable bonds is 2. The second-order valence-corrected chi connectivity index (χ2v) is 4.03. The molecule has 2 heterocycles. The molecule has 0 N–H and O–H groups in total. The molecule has 0 atom stereocenters. The summed E-state index contributed by atoms with van der Waals surface area (Å²) in [6.07, 6.45) is 3.76. The summed E-state index contributed by atoms with van der Waals surface area (Å²) < 4.78 is 1.86. The van der Waals surface area contributed by atoms with Gasteiger partial charge < -0.3 is 0 Å². The predicted molar refractivity (Wildman–Crippen MR) is 63.4 cm³/mol. The van der Waals surface area contributed by atoms with Crippen LogP contribution < -0.4 is 0 Å². The van der Waals surface area contributed by atoms with Crippen molar-refractivity contribution in [2.24, 2.45) is 0 Å². The second-order valence-electron chi connectivity index (χ2n) is 3.67. The summed E-state index contributed by atoms with van der Waals surface area (Å²) in [5, 5.41) is 12.7. The van der Waals surface area contributed by atoms with Crippen molar-refractivity contribution in [2.75, 3.05) is 0 Å². The van der Waals surface area contributed by atoms with E-state index >= 15 is 0 Å². The highest BCUT2D eigenvalue weighted by molar-refractivity contribution is 6.30. The van der Waals surface area contributed by atoms with E-state index in [1.807, 2.05) is 31.6 Å². The summed E-state index contributed by atoms with van der Waals surface area (Å²) in [6, 6.07) is 0. The van der Waals surface area contributed by atoms with E-state index in [2.05, 4.69) is 15.3 Å². The van der Waals surface area contributed by atoms with Crippen LogP contribution in [0.5, 0.6) is 0 Å². The van der Waals surface area contributed by atoms with Gasteiger partial charge in [0.15, 0.2) is 5.15 Å². The van der Waals surface area contributed by atoms with E-state index < -0.39 is 0 Å². The number of aromatic nitrogens is 4. The van der Waals surface area contributed by atoms with Crippen LogP contribution >= 0.6 is 11.6 Å². The summed E-state index contributed by atoms with van der Waals surface area (Å²) in [4.78, 5) is 0. The van der Waals surface area contributed by atoms with Crippen molar-refractivity contribution in [1.82, 2.24) is 20.0 Å². The first-order valence-electron chi connectivity index (χ1n) is 5.15. The molecular formula is C11H13ClN4. The predicted octanol–water partition coefficient (Wildman–Crippen LogP) is 2.63. The molecule has 0 aromatic carbocycles. The van der Waals surface area contributed by atoms with Gasteiger partial charge in [-0.25, -0.2) is 0 Å². The van der Waals surface area contributed by atoms with Gasteiger partial charge in [-0.2, -0.15) is 5.10 Å². The SMILES string of the molecule is CCn1cc(-c2nnc(Cl)c(C)c2C)cn1. The van der Waals surface area contributed by atoms with Crippen molar-refractivity contribution < 1.29 is 0 Å². The van der Waals surface area contributed by atoms with E-state index in [-0.39, 0.29) is 0 Å². The number of hydrogen-bond acceptors (Lipinski definition) is 3. The number of halogens is 1. The number of aryl methyl sites for hydroxylation is 1. The molecule has 2 aromatic heterocycles. The standard InChI is InChI=1S/C11H13ClN4/c1-4-16-6-9(5-13-16)10-7(2)8(3)11(12)15-14-10/h5-6H,4H2,1-3H3. The van der Waals surface area contributed by atoms with Crippen molar-refractivity contribution in [3.8, 4) is 11.3 Å². The van der Waals surface area contributed by atoms with Crippen LogP contribution in [0.2, 0.25) is 5.15 Å². The summed E-state index contributed by atoms with van der Waals surface area (Å²) in [7, 11) is 0. The molecule has 2 rings (SSSR count). The molecule has 0 aliphatic heterocycles. The lowest BCUT2D eigenvalue weighted by Gasteiger charge is -2.05. The van der Waals surface area contributed by atoms with E-state index in [1.165, 1.54) is 0 Å². The molecule has 5 heteroatoms. The normalized spacial score (nSPS) is 10.8. The topological polar surface area (TPSA) is 43.6 Å². The zero-order valence-corrected chi connectivity index (χ0v) is 10.3. The minimum Gasteiger partial charge on any atom is -0.272 e. The Bertz CT molecular complexity index is 519. The fraction of sp³-hybridized carbons (Fsp3) is 0.364. The van der Waals surface area contributed by atoms with Crippen LogP contribution in [-0.2, 0) is 6.54 Å². The highest BCUT2D eigenvalue weighted by Crippen LogP contribution is 2.25. The third kappa shape index (κ3) is 1.80. The molecule has 0 unspecified atom stereocenters. The van der Waals surface area contributed by atoms with E-state index in [0.717, 1.165) is 28.9 Å². The average Bonchev–Trinajstić information content (AvgIpc) is 2.74. The molecule has 0 spiro atoms. The number of hydrogen-bond donors (Lipinski definition) is 0. The van der Waals surface area contributed by atoms with E-state index in [9.17, 15) is 0 Å². The van der Waals surface area contributed by atoms with Crippen LogP contribution in [0.15, 0.2) is 12.4 Å². The molecule has 16 heavy (non-hydrogen) atoms. The van der Waals surface area contributed by atoms with Gasteiger partial charge in [0.1, 0.15) is 0 Å². The Kier molecular flexibility index (Phi) is 2.92. The van der Waals surface area contributed by atoms with Crippen LogP contribution in [0.3, 0.4) is 0 Å². The lowest BCUT2D eigenvalue weighted by Crippen LogP contribution is -1.96. The Morgan fingerprint density at radius 3 is 2.62 bits per heavy atom. The largest absolute Gasteiger partial charge is 0.272 e. The summed E-state index contributed by atoms with van der Waals surface area (Å²) in [5.41, 5.74) is 3.85. The molecule has 2 aromatic rings. The van der Waals surface area contributed by atoms with Gasteiger partial charge in [-0.15, -0.1) is 10.2 Å². The Hall–Kier alpha value is -1.42. The molecule has 0 saturated carbocycles. The Balaban J connectivity index is 2.52. The third-order valence-corrected chi connectivity index (χ3v) is 3.05. The zero-order chi connectivity index (χ0) is 11.7. The van der Waals surface area contributed by atoms with Crippen LogP contribution in [0, 0.1) is 13.8 Å². The zero-order valence-electron chi connectivity index (χ0n) is 9.53. The van der Waals surface area contributed by atoms with Crippen molar-refractivity contribution in [3.05, 3.63) is 28.7 Å². The van der Waals surface area contributed by atoms with Gasteiger partial charge >= 0.3 is 0 Å². The summed E-state index contributed by atoms with van der Waals surface area (Å²) in [5.74, 6) is 0. The van der Waals surface area contributed by atoms with Crippen molar-refractivity contribution >= 4 is 11.6 Å². The van der Waals surface area contributed by atoms with Crippen LogP contribution in [-0.4, -0.2) is 20.0 Å². The van der Waals surface area contributed by atoms with Crippen molar-refractivity contribution in [1.29, 1.82) is 0 Å². The van der Waals surface area contributed by atoms with Crippen LogP contribution in [0.25, 0.3) is 11.3 Å². The molecule has 0 saturated heterocycles. The Labute approximate surface area is 99.3 Å². The van der Waals surface area contributed by atoms with Gasteiger partial charge in [-0.05, 0) is 31.9 Å². The average molecular weight is 237 g/mol. The minimum absolute atomic E-state index is 0.462. The Morgan fingerprint density at radius 1 is 1.25 bits per heavy atom. The summed E-state index contributed by atoms with van der Waals surface area (Å²) in [6.45, 7) is 6.83. The van der Waals surface area contributed by atoms with Crippen molar-refractivity contribution in [3.63, 3.8) is 0 Å². The van der Waals surface area contributed by atoms with Gasteiger partial charge in [0.2, 0.25) is 0 Å². The van der Waals surface area contributed by atoms with Crippen LogP contribution in [0.1, 0.15) is 18.1 Å². The molecule has 84 valence electrons. The van der Waals surface area contributed by atoms with Gasteiger partial charge in [-0.1, -0.05) is 11.6 Å². The first-order chi connectivity index (χ1) is 7.63. The Morgan fingerprint density at radius 2 is 2.00 bits per heavy atom. The molecule has 0 aliphatic carbocycles. The third-order valence-electron chi connectivity index (χ3n) is 2.70. The van der Waals surface area contributed by atoms with Crippen molar-refractivity contribution in [2.45, 2.75) is 27.3 Å². The van der Waals surface area contributed by atoms with E-state index in [1.54, 1.807) is 6.20 Å². The van der Waals surface area contributed by atoms with Gasteiger partial charge in [-0.3, -0.25) is 4.68 Å². The first-order valence-corrected chi connectivity index (χ1v) is 5.53. The van der Waals surface area contributed by atoms with Gasteiger partial charge in [0.05, 0.1) is 11.9 Å². The highest BCUT2D eigenvalue weighted by atomic mass is 35.5. The lowest BCUT2D eigenvalue weighted by molar-refractivity contribution is 0.660. The maximum absolute atomic E-state index is 5.91. The summed E-state index contributed by atoms with van der Waals surface area (Å²) >= 11 is 5.91. The van der Waals surface area contributed by atoms with Crippen LogP contribution in [0.4, 0.5) is 0 Å². The van der Waals surface area contributed by atoms with Gasteiger partial charge in [0.25, 0.3) is 0 Å². The first kappa shape index (κ1) is 11.1. The fourth-order valence-corrected chi connectivity index (χ4v) is 1.69. The smallest absolute Gasteiger partial charge is 0.154 e. The second kappa shape index (κ2) is 4.22. The highest BCUT2D eigenvalue weighted by Gasteiger charge is 2.11. The monoisotopic (exact) mass is 236 g/mol.